The monoisotopic (exact) mass is 233 g/mol. The van der Waals surface area contributed by atoms with Crippen molar-refractivity contribution in [3.8, 4) is 0 Å². The highest BCUT2D eigenvalue weighted by Crippen LogP contribution is 2.60. The van der Waals surface area contributed by atoms with Gasteiger partial charge in [0.1, 0.15) is 0 Å². The zero-order valence-corrected chi connectivity index (χ0v) is 10.3. The lowest BCUT2D eigenvalue weighted by atomic mass is 9.45. The van der Waals surface area contributed by atoms with Gasteiger partial charge in [0, 0.05) is 6.04 Å². The van der Waals surface area contributed by atoms with Gasteiger partial charge in [0.2, 0.25) is 0 Å². The van der Waals surface area contributed by atoms with Gasteiger partial charge >= 0.3 is 5.97 Å². The third-order valence-electron chi connectivity index (χ3n) is 4.52. The molecule has 4 heteroatoms. The van der Waals surface area contributed by atoms with Crippen LogP contribution in [0.2, 0.25) is 0 Å². The molecule has 0 aromatic rings. The fraction of sp³-hybridized carbons (Fsp3) is 0.909. The maximum atomic E-state index is 11.5. The number of halogens is 1. The summed E-state index contributed by atoms with van der Waals surface area (Å²) in [5.41, 5.74) is 6.45. The van der Waals surface area contributed by atoms with E-state index in [9.17, 15) is 4.79 Å². The summed E-state index contributed by atoms with van der Waals surface area (Å²) in [6, 6.07) is 0.00227. The molecule has 0 unspecified atom stereocenters. The largest absolute Gasteiger partial charge is 0.469 e. The van der Waals surface area contributed by atoms with Gasteiger partial charge in [0.05, 0.1) is 13.0 Å². The SMILES string of the molecule is COC(=O)[C@H]1C[C@H]2C[C@@H]([C@H]1N)C2(C)C.Cl. The lowest BCUT2D eigenvalue weighted by Crippen LogP contribution is -2.62. The van der Waals surface area contributed by atoms with Crippen molar-refractivity contribution in [1.82, 2.24) is 0 Å². The number of hydrogen-bond acceptors (Lipinski definition) is 3. The minimum Gasteiger partial charge on any atom is -0.469 e. The first-order valence-electron chi connectivity index (χ1n) is 5.32. The lowest BCUT2D eigenvalue weighted by molar-refractivity contribution is -0.162. The van der Waals surface area contributed by atoms with Gasteiger partial charge in [0.15, 0.2) is 0 Å². The van der Waals surface area contributed by atoms with Gasteiger partial charge in [-0.2, -0.15) is 0 Å². The molecule has 0 aromatic heterocycles. The van der Waals surface area contributed by atoms with Crippen molar-refractivity contribution in [2.24, 2.45) is 28.9 Å². The minimum absolute atomic E-state index is 0. The summed E-state index contributed by atoms with van der Waals surface area (Å²) < 4.78 is 4.78. The molecule has 0 aromatic carbocycles. The van der Waals surface area contributed by atoms with Crippen molar-refractivity contribution in [2.45, 2.75) is 32.7 Å². The Kier molecular flexibility index (Phi) is 3.36. The van der Waals surface area contributed by atoms with E-state index in [0.717, 1.165) is 6.42 Å². The standard InChI is InChI=1S/C11H19NO2.ClH/c1-11(2)6-4-7(10(13)14-3)9(12)8(11)5-6;/h6-9H,4-5,12H2,1-3H3;1H/t6-,7-,8-,9-;/m0./s1. The molecule has 88 valence electrons. The summed E-state index contributed by atoms with van der Waals surface area (Å²) in [6.07, 6.45) is 2.11. The topological polar surface area (TPSA) is 52.3 Å². The Hall–Kier alpha value is -0.280. The Balaban J connectivity index is 0.00000112. The molecule has 3 nitrogen and oxygen atoms in total. The van der Waals surface area contributed by atoms with E-state index in [1.165, 1.54) is 13.5 Å². The van der Waals surface area contributed by atoms with Crippen LogP contribution in [-0.2, 0) is 9.53 Å². The second kappa shape index (κ2) is 3.95. The van der Waals surface area contributed by atoms with Gasteiger partial charge in [-0.25, -0.2) is 0 Å². The van der Waals surface area contributed by atoms with E-state index in [4.69, 9.17) is 10.5 Å². The van der Waals surface area contributed by atoms with Gasteiger partial charge in [-0.3, -0.25) is 4.79 Å². The van der Waals surface area contributed by atoms with Crippen LogP contribution in [0.25, 0.3) is 0 Å². The molecule has 2 bridgehead atoms. The summed E-state index contributed by atoms with van der Waals surface area (Å²) in [4.78, 5) is 11.5. The highest BCUT2D eigenvalue weighted by atomic mass is 35.5. The van der Waals surface area contributed by atoms with Gasteiger partial charge < -0.3 is 10.5 Å². The Labute approximate surface area is 97.1 Å². The number of carbonyl (C=O) groups is 1. The van der Waals surface area contributed by atoms with Crippen LogP contribution in [0.1, 0.15) is 26.7 Å². The van der Waals surface area contributed by atoms with Crippen molar-refractivity contribution < 1.29 is 9.53 Å². The van der Waals surface area contributed by atoms with Crippen molar-refractivity contribution in [1.29, 1.82) is 0 Å². The van der Waals surface area contributed by atoms with E-state index in [0.29, 0.717) is 17.3 Å². The second-order valence-electron chi connectivity index (χ2n) is 5.30. The fourth-order valence-corrected chi connectivity index (χ4v) is 3.26. The van der Waals surface area contributed by atoms with Crippen LogP contribution in [0.15, 0.2) is 0 Å². The molecule has 3 aliphatic rings. The third-order valence-corrected chi connectivity index (χ3v) is 4.52. The molecule has 0 spiro atoms. The molecule has 3 aliphatic carbocycles. The van der Waals surface area contributed by atoms with Crippen molar-refractivity contribution in [2.75, 3.05) is 7.11 Å². The summed E-state index contributed by atoms with van der Waals surface area (Å²) >= 11 is 0. The van der Waals surface area contributed by atoms with Crippen LogP contribution in [0.5, 0.6) is 0 Å². The molecule has 3 saturated carbocycles. The highest BCUT2D eigenvalue weighted by Gasteiger charge is 2.58. The van der Waals surface area contributed by atoms with Crippen molar-refractivity contribution in [3.63, 3.8) is 0 Å². The van der Waals surface area contributed by atoms with Crippen molar-refractivity contribution in [3.05, 3.63) is 0 Å². The molecule has 2 N–H and O–H groups in total. The van der Waals surface area contributed by atoms with Crippen molar-refractivity contribution >= 4 is 18.4 Å². The zero-order chi connectivity index (χ0) is 10.5. The molecule has 0 amide bonds. The van der Waals surface area contributed by atoms with E-state index in [-0.39, 0.29) is 30.3 Å². The minimum atomic E-state index is -0.123. The number of hydrogen-bond donors (Lipinski definition) is 1. The Morgan fingerprint density at radius 1 is 1.40 bits per heavy atom. The van der Waals surface area contributed by atoms with Gasteiger partial charge in [-0.15, -0.1) is 12.4 Å². The number of ether oxygens (including phenoxy) is 1. The molecular weight excluding hydrogens is 214 g/mol. The average molecular weight is 234 g/mol. The lowest BCUT2D eigenvalue weighted by Gasteiger charge is -2.61. The average Bonchev–Trinajstić information content (AvgIpc) is 2.16. The molecular formula is C11H20ClNO2. The van der Waals surface area contributed by atoms with E-state index >= 15 is 0 Å². The molecule has 0 saturated heterocycles. The van der Waals surface area contributed by atoms with Crippen LogP contribution in [0.3, 0.4) is 0 Å². The van der Waals surface area contributed by atoms with E-state index in [2.05, 4.69) is 13.8 Å². The van der Waals surface area contributed by atoms with Gasteiger partial charge in [-0.05, 0) is 30.1 Å². The number of methoxy groups -OCH3 is 1. The van der Waals surface area contributed by atoms with Crippen LogP contribution >= 0.6 is 12.4 Å². The fourth-order valence-electron chi connectivity index (χ4n) is 3.26. The number of nitrogens with two attached hydrogens (primary N) is 1. The number of esters is 1. The van der Waals surface area contributed by atoms with Gasteiger partial charge in [-0.1, -0.05) is 13.8 Å². The Morgan fingerprint density at radius 3 is 2.40 bits per heavy atom. The Morgan fingerprint density at radius 2 is 2.00 bits per heavy atom. The number of rotatable bonds is 1. The maximum Gasteiger partial charge on any atom is 0.310 e. The first-order valence-corrected chi connectivity index (χ1v) is 5.32. The normalized spacial score (nSPS) is 41.1. The van der Waals surface area contributed by atoms with Crippen LogP contribution in [0, 0.1) is 23.2 Å². The molecule has 15 heavy (non-hydrogen) atoms. The predicted octanol–water partition coefficient (Wildman–Crippen LogP) is 1.59. The van der Waals surface area contributed by atoms with Gasteiger partial charge in [0.25, 0.3) is 0 Å². The Bertz CT molecular complexity index is 267. The maximum absolute atomic E-state index is 11.5. The highest BCUT2D eigenvalue weighted by molar-refractivity contribution is 5.85. The summed E-state index contributed by atoms with van der Waals surface area (Å²) in [5.74, 6) is 0.987. The molecule has 3 fully saturated rings. The van der Waals surface area contributed by atoms with Crippen LogP contribution in [-0.4, -0.2) is 19.1 Å². The molecule has 0 radical (unpaired) electrons. The first-order chi connectivity index (χ1) is 6.48. The molecule has 4 atom stereocenters. The zero-order valence-electron chi connectivity index (χ0n) is 9.53. The first kappa shape index (κ1) is 12.8. The smallest absolute Gasteiger partial charge is 0.310 e. The number of fused-ring (bicyclic) bond motifs is 2. The summed E-state index contributed by atoms with van der Waals surface area (Å²) in [7, 11) is 1.44. The molecule has 0 heterocycles. The van der Waals surface area contributed by atoms with E-state index < -0.39 is 0 Å². The van der Waals surface area contributed by atoms with Crippen LogP contribution in [0.4, 0.5) is 0 Å². The quantitative estimate of drug-likeness (QED) is 0.700. The summed E-state index contributed by atoms with van der Waals surface area (Å²) in [6.45, 7) is 4.53. The van der Waals surface area contributed by atoms with E-state index in [1.807, 2.05) is 0 Å². The summed E-state index contributed by atoms with van der Waals surface area (Å²) in [5, 5.41) is 0. The van der Waals surface area contributed by atoms with Crippen LogP contribution < -0.4 is 5.73 Å². The second-order valence-corrected chi connectivity index (χ2v) is 5.30. The third kappa shape index (κ3) is 1.66. The number of carbonyl (C=O) groups excluding carboxylic acids is 1. The predicted molar refractivity (Wildman–Crippen MR) is 60.7 cm³/mol. The molecule has 0 aliphatic heterocycles. The molecule has 3 rings (SSSR count). The van der Waals surface area contributed by atoms with E-state index in [1.54, 1.807) is 0 Å².